The molecule has 0 atom stereocenters. The molecule has 1 N–H and O–H groups in total. The predicted octanol–water partition coefficient (Wildman–Crippen LogP) is 3.50. The molecule has 2 aromatic rings. The fourth-order valence-electron chi connectivity index (χ4n) is 1.86. The van der Waals surface area contributed by atoms with Crippen LogP contribution in [0.25, 0.3) is 6.08 Å². The molecule has 4 nitrogen and oxygen atoms in total. The van der Waals surface area contributed by atoms with E-state index in [1.54, 1.807) is 18.2 Å². The Kier molecular flexibility index (Phi) is 5.69. The minimum absolute atomic E-state index is 0.315. The largest absolute Gasteiger partial charge is 0.452 e. The van der Waals surface area contributed by atoms with Crippen LogP contribution in [0.3, 0.4) is 0 Å². The van der Waals surface area contributed by atoms with Gasteiger partial charge in [-0.05, 0) is 37.6 Å². The molecular weight excluding hydrogens is 290 g/mol. The summed E-state index contributed by atoms with van der Waals surface area (Å²) in [5.74, 6) is -0.921. The summed E-state index contributed by atoms with van der Waals surface area (Å²) >= 11 is 0. The quantitative estimate of drug-likeness (QED) is 0.679. The minimum atomic E-state index is -0.551. The van der Waals surface area contributed by atoms with E-state index in [1.807, 2.05) is 50.2 Å². The first-order valence-electron chi connectivity index (χ1n) is 7.31. The third-order valence-electron chi connectivity index (χ3n) is 3.17. The Morgan fingerprint density at radius 3 is 2.13 bits per heavy atom. The van der Waals surface area contributed by atoms with Gasteiger partial charge in [0.25, 0.3) is 5.91 Å². The number of aryl methyl sites for hydroxylation is 2. The second-order valence-electron chi connectivity index (χ2n) is 5.27. The first kappa shape index (κ1) is 16.5. The van der Waals surface area contributed by atoms with E-state index in [0.29, 0.717) is 5.69 Å². The molecule has 0 heterocycles. The molecule has 0 aromatic heterocycles. The van der Waals surface area contributed by atoms with Crippen molar-refractivity contribution in [3.8, 4) is 0 Å². The van der Waals surface area contributed by atoms with Gasteiger partial charge in [-0.25, -0.2) is 4.79 Å². The lowest BCUT2D eigenvalue weighted by atomic mass is 10.1. The van der Waals surface area contributed by atoms with Crippen LogP contribution in [-0.2, 0) is 14.3 Å². The summed E-state index contributed by atoms with van der Waals surface area (Å²) in [5.41, 5.74) is 3.83. The molecule has 2 aromatic carbocycles. The lowest BCUT2D eigenvalue weighted by Crippen LogP contribution is -2.20. The number of nitrogens with one attached hydrogen (secondary N) is 1. The number of anilines is 1. The summed E-state index contributed by atoms with van der Waals surface area (Å²) in [6.07, 6.45) is 2.96. The molecule has 0 unspecified atom stereocenters. The van der Waals surface area contributed by atoms with Crippen molar-refractivity contribution in [2.24, 2.45) is 0 Å². The van der Waals surface area contributed by atoms with Crippen LogP contribution in [0.2, 0.25) is 0 Å². The third-order valence-corrected chi connectivity index (χ3v) is 3.17. The van der Waals surface area contributed by atoms with Gasteiger partial charge < -0.3 is 10.1 Å². The third kappa shape index (κ3) is 5.79. The summed E-state index contributed by atoms with van der Waals surface area (Å²) in [7, 11) is 0. The highest BCUT2D eigenvalue weighted by molar-refractivity contribution is 5.94. The van der Waals surface area contributed by atoms with E-state index in [9.17, 15) is 9.59 Å². The standard InChI is InChI=1S/C19H19NO3/c1-14-3-7-16(8-4-14)9-12-19(22)23-13-18(21)20-17-10-5-15(2)6-11-17/h3-12H,13H2,1-2H3,(H,20,21)/b12-9+. The first-order chi connectivity index (χ1) is 11.0. The number of rotatable bonds is 5. The molecule has 0 fully saturated rings. The number of amides is 1. The van der Waals surface area contributed by atoms with E-state index in [0.717, 1.165) is 16.7 Å². The highest BCUT2D eigenvalue weighted by atomic mass is 16.5. The zero-order valence-electron chi connectivity index (χ0n) is 13.2. The zero-order chi connectivity index (χ0) is 16.7. The molecule has 0 spiro atoms. The Bertz CT molecular complexity index is 700. The topological polar surface area (TPSA) is 55.4 Å². The Morgan fingerprint density at radius 1 is 0.957 bits per heavy atom. The summed E-state index contributed by atoms with van der Waals surface area (Å²) in [5, 5.41) is 2.66. The van der Waals surface area contributed by atoms with Crippen LogP contribution < -0.4 is 5.32 Å². The average molecular weight is 309 g/mol. The van der Waals surface area contributed by atoms with E-state index in [2.05, 4.69) is 5.32 Å². The average Bonchev–Trinajstić information content (AvgIpc) is 2.54. The molecule has 0 bridgehead atoms. The Labute approximate surface area is 135 Å². The molecule has 0 aliphatic rings. The minimum Gasteiger partial charge on any atom is -0.452 e. The second kappa shape index (κ2) is 7.94. The number of esters is 1. The molecule has 0 saturated carbocycles. The molecule has 118 valence electrons. The van der Waals surface area contributed by atoms with Crippen molar-refractivity contribution in [3.63, 3.8) is 0 Å². The number of hydrogen-bond acceptors (Lipinski definition) is 3. The summed E-state index contributed by atoms with van der Waals surface area (Å²) in [6.45, 7) is 3.65. The number of ether oxygens (including phenoxy) is 1. The maximum atomic E-state index is 11.7. The summed E-state index contributed by atoms with van der Waals surface area (Å²) in [6, 6.07) is 15.1. The van der Waals surface area contributed by atoms with E-state index >= 15 is 0 Å². The van der Waals surface area contributed by atoms with Gasteiger partial charge in [0.1, 0.15) is 0 Å². The van der Waals surface area contributed by atoms with E-state index < -0.39 is 5.97 Å². The van der Waals surface area contributed by atoms with Crippen molar-refractivity contribution in [1.82, 2.24) is 0 Å². The summed E-state index contributed by atoms with van der Waals surface area (Å²) < 4.78 is 4.91. The van der Waals surface area contributed by atoms with Gasteiger partial charge in [0.2, 0.25) is 0 Å². The molecular formula is C19H19NO3. The van der Waals surface area contributed by atoms with Crippen molar-refractivity contribution in [2.45, 2.75) is 13.8 Å². The number of carbonyl (C=O) groups excluding carboxylic acids is 2. The SMILES string of the molecule is Cc1ccc(/C=C/C(=O)OCC(=O)Nc2ccc(C)cc2)cc1. The molecule has 23 heavy (non-hydrogen) atoms. The van der Waals surface area contributed by atoms with Crippen LogP contribution in [0.1, 0.15) is 16.7 Å². The van der Waals surface area contributed by atoms with Crippen molar-refractivity contribution in [1.29, 1.82) is 0 Å². The molecule has 2 rings (SSSR count). The van der Waals surface area contributed by atoms with Crippen LogP contribution in [0, 0.1) is 13.8 Å². The van der Waals surface area contributed by atoms with Crippen LogP contribution >= 0.6 is 0 Å². The van der Waals surface area contributed by atoms with E-state index in [4.69, 9.17) is 4.74 Å². The van der Waals surface area contributed by atoms with Crippen LogP contribution in [0.5, 0.6) is 0 Å². The Balaban J connectivity index is 1.78. The van der Waals surface area contributed by atoms with E-state index in [-0.39, 0.29) is 12.5 Å². The van der Waals surface area contributed by atoms with E-state index in [1.165, 1.54) is 6.08 Å². The monoisotopic (exact) mass is 309 g/mol. The van der Waals surface area contributed by atoms with Crippen molar-refractivity contribution < 1.29 is 14.3 Å². The highest BCUT2D eigenvalue weighted by Crippen LogP contribution is 2.08. The number of benzene rings is 2. The van der Waals surface area contributed by atoms with Crippen molar-refractivity contribution >= 4 is 23.6 Å². The zero-order valence-corrected chi connectivity index (χ0v) is 13.2. The van der Waals surface area contributed by atoms with Gasteiger partial charge in [-0.2, -0.15) is 0 Å². The molecule has 0 aliphatic heterocycles. The Morgan fingerprint density at radius 2 is 1.52 bits per heavy atom. The predicted molar refractivity (Wildman–Crippen MR) is 91.0 cm³/mol. The normalized spacial score (nSPS) is 10.5. The molecule has 1 amide bonds. The summed E-state index contributed by atoms with van der Waals surface area (Å²) in [4.78, 5) is 23.3. The van der Waals surface area contributed by atoms with Gasteiger partial charge in [-0.1, -0.05) is 47.5 Å². The molecule has 0 saturated heterocycles. The van der Waals surface area contributed by atoms with Gasteiger partial charge >= 0.3 is 5.97 Å². The second-order valence-corrected chi connectivity index (χ2v) is 5.27. The molecule has 0 aliphatic carbocycles. The van der Waals surface area contributed by atoms with Crippen LogP contribution in [-0.4, -0.2) is 18.5 Å². The van der Waals surface area contributed by atoms with Crippen LogP contribution in [0.4, 0.5) is 5.69 Å². The maximum Gasteiger partial charge on any atom is 0.331 e. The van der Waals surface area contributed by atoms with Gasteiger partial charge in [0.15, 0.2) is 6.61 Å². The lowest BCUT2D eigenvalue weighted by molar-refractivity contribution is -0.142. The molecule has 0 radical (unpaired) electrons. The fourth-order valence-corrected chi connectivity index (χ4v) is 1.86. The number of carbonyl (C=O) groups is 2. The highest BCUT2D eigenvalue weighted by Gasteiger charge is 2.05. The van der Waals surface area contributed by atoms with Crippen molar-refractivity contribution in [3.05, 3.63) is 71.3 Å². The molecule has 4 heteroatoms. The van der Waals surface area contributed by atoms with Gasteiger partial charge in [0.05, 0.1) is 0 Å². The first-order valence-corrected chi connectivity index (χ1v) is 7.31. The van der Waals surface area contributed by atoms with Gasteiger partial charge in [0, 0.05) is 11.8 Å². The fraction of sp³-hybridized carbons (Fsp3) is 0.158. The van der Waals surface area contributed by atoms with Gasteiger partial charge in [-0.15, -0.1) is 0 Å². The maximum absolute atomic E-state index is 11.7. The van der Waals surface area contributed by atoms with Gasteiger partial charge in [-0.3, -0.25) is 4.79 Å². The lowest BCUT2D eigenvalue weighted by Gasteiger charge is -2.05. The smallest absolute Gasteiger partial charge is 0.331 e. The Hall–Kier alpha value is -2.88. The van der Waals surface area contributed by atoms with Crippen LogP contribution in [0.15, 0.2) is 54.6 Å². The van der Waals surface area contributed by atoms with Crippen molar-refractivity contribution in [2.75, 3.05) is 11.9 Å². The number of hydrogen-bond donors (Lipinski definition) is 1.